The fraction of sp³-hybridized carbons (Fsp3) is 0.824. The lowest BCUT2D eigenvalue weighted by Gasteiger charge is -2.39. The van der Waals surface area contributed by atoms with Crippen LogP contribution in [0.15, 0.2) is 30.3 Å². The third kappa shape index (κ3) is 18.2. The summed E-state index contributed by atoms with van der Waals surface area (Å²) >= 11 is 0. The average Bonchev–Trinajstić information content (AvgIpc) is 2.97. The first kappa shape index (κ1) is 39.6. The Kier molecular flexibility index (Phi) is 25.9. The van der Waals surface area contributed by atoms with Gasteiger partial charge in [-0.05, 0) is 19.8 Å². The Morgan fingerprint density at radius 2 is 0.950 bits per heavy atom. The Labute approximate surface area is 257 Å². The minimum atomic E-state index is -2.51. The van der Waals surface area contributed by atoms with Crippen molar-refractivity contribution in [1.29, 1.82) is 0 Å². The van der Waals surface area contributed by atoms with Gasteiger partial charge in [-0.1, -0.05) is 134 Å². The van der Waals surface area contributed by atoms with Crippen molar-refractivity contribution in [3.05, 3.63) is 35.9 Å². The van der Waals surface area contributed by atoms with E-state index in [2.05, 4.69) is 44.2 Å². The van der Waals surface area contributed by atoms with Crippen molar-refractivity contribution in [1.82, 2.24) is 0 Å². The SMILES string of the molecule is CCCCCCCCCCCCCCCCCCC[N+](CC)(CCC[Si](OC)(OC)OC)Cc1ccccc1.[Cl-]. The van der Waals surface area contributed by atoms with E-state index in [1.807, 2.05) is 0 Å². The predicted molar refractivity (Wildman–Crippen MR) is 171 cm³/mol. The average molecular weight is 600 g/mol. The van der Waals surface area contributed by atoms with E-state index < -0.39 is 8.80 Å². The highest BCUT2D eigenvalue weighted by molar-refractivity contribution is 6.60. The third-order valence-electron chi connectivity index (χ3n) is 8.82. The highest BCUT2D eigenvalue weighted by Gasteiger charge is 2.38. The van der Waals surface area contributed by atoms with Gasteiger partial charge in [-0.15, -0.1) is 0 Å². The molecule has 0 amide bonds. The Bertz CT molecular complexity index is 654. The first-order chi connectivity index (χ1) is 19.1. The molecule has 40 heavy (non-hydrogen) atoms. The fourth-order valence-electron chi connectivity index (χ4n) is 6.03. The van der Waals surface area contributed by atoms with Crippen LogP contribution in [0.2, 0.25) is 6.04 Å². The molecule has 0 saturated heterocycles. The molecule has 0 aromatic heterocycles. The second kappa shape index (κ2) is 26.2. The summed E-state index contributed by atoms with van der Waals surface area (Å²) in [4.78, 5) is 0. The summed E-state index contributed by atoms with van der Waals surface area (Å²) in [6.07, 6.45) is 25.3. The number of hydrogen-bond acceptors (Lipinski definition) is 3. The van der Waals surface area contributed by atoms with Crippen LogP contribution in [0.4, 0.5) is 0 Å². The smallest absolute Gasteiger partial charge is 0.500 e. The first-order valence-electron chi connectivity index (χ1n) is 16.6. The van der Waals surface area contributed by atoms with E-state index in [1.165, 1.54) is 121 Å². The molecule has 1 atom stereocenters. The maximum Gasteiger partial charge on any atom is 0.500 e. The van der Waals surface area contributed by atoms with E-state index in [4.69, 9.17) is 13.3 Å². The second-order valence-corrected chi connectivity index (χ2v) is 14.9. The van der Waals surface area contributed by atoms with E-state index in [0.717, 1.165) is 36.6 Å². The van der Waals surface area contributed by atoms with Gasteiger partial charge in [0.05, 0.1) is 19.6 Å². The number of benzene rings is 1. The van der Waals surface area contributed by atoms with Crippen molar-refractivity contribution < 1.29 is 30.2 Å². The van der Waals surface area contributed by atoms with Crippen LogP contribution in [0.1, 0.15) is 135 Å². The number of rotatable bonds is 28. The van der Waals surface area contributed by atoms with Crippen LogP contribution in [0.25, 0.3) is 0 Å². The van der Waals surface area contributed by atoms with Crippen molar-refractivity contribution in [2.75, 3.05) is 41.0 Å². The van der Waals surface area contributed by atoms with Crippen molar-refractivity contribution >= 4 is 8.80 Å². The van der Waals surface area contributed by atoms with E-state index in [9.17, 15) is 0 Å². The zero-order chi connectivity index (χ0) is 28.5. The molecular formula is C34H66ClNO3Si. The molecule has 4 nitrogen and oxygen atoms in total. The van der Waals surface area contributed by atoms with Crippen LogP contribution < -0.4 is 12.4 Å². The Balaban J connectivity index is 0.0000152. The molecule has 6 heteroatoms. The highest BCUT2D eigenvalue weighted by Crippen LogP contribution is 2.22. The summed E-state index contributed by atoms with van der Waals surface area (Å²) in [6.45, 7) is 9.34. The van der Waals surface area contributed by atoms with E-state index in [-0.39, 0.29) is 12.4 Å². The number of halogens is 1. The lowest BCUT2D eigenvalue weighted by Crippen LogP contribution is -3.00. The molecule has 236 valence electrons. The monoisotopic (exact) mass is 599 g/mol. The number of quaternary nitrogens is 1. The molecule has 0 aliphatic heterocycles. The minimum absolute atomic E-state index is 0. The molecule has 1 rings (SSSR count). The molecule has 0 radical (unpaired) electrons. The van der Waals surface area contributed by atoms with Gasteiger partial charge in [-0.3, -0.25) is 0 Å². The quantitative estimate of drug-likeness (QED) is 0.0593. The third-order valence-corrected chi connectivity index (χ3v) is 11.6. The Hall–Kier alpha value is -0.433. The van der Waals surface area contributed by atoms with Gasteiger partial charge in [-0.2, -0.15) is 0 Å². The largest absolute Gasteiger partial charge is 1.00 e. The van der Waals surface area contributed by atoms with Crippen molar-refractivity contribution in [3.63, 3.8) is 0 Å². The minimum Gasteiger partial charge on any atom is -1.00 e. The topological polar surface area (TPSA) is 27.7 Å². The molecule has 0 N–H and O–H groups in total. The van der Waals surface area contributed by atoms with E-state index >= 15 is 0 Å². The molecule has 0 aliphatic carbocycles. The van der Waals surface area contributed by atoms with Crippen LogP contribution in [0, 0.1) is 0 Å². The normalized spacial score (nSPS) is 13.2. The van der Waals surface area contributed by atoms with Gasteiger partial charge in [0, 0.05) is 39.4 Å². The van der Waals surface area contributed by atoms with Crippen LogP contribution >= 0.6 is 0 Å². The molecule has 0 aliphatic rings. The molecule has 0 saturated carbocycles. The van der Waals surface area contributed by atoms with Gasteiger partial charge in [-0.25, -0.2) is 0 Å². The van der Waals surface area contributed by atoms with Gasteiger partial charge in [0.2, 0.25) is 0 Å². The zero-order valence-corrected chi connectivity index (χ0v) is 29.0. The van der Waals surface area contributed by atoms with E-state index in [1.54, 1.807) is 21.3 Å². The van der Waals surface area contributed by atoms with Crippen molar-refractivity contribution in [3.8, 4) is 0 Å². The molecule has 0 bridgehead atoms. The van der Waals surface area contributed by atoms with Crippen molar-refractivity contribution in [2.45, 2.75) is 142 Å². The Morgan fingerprint density at radius 3 is 1.35 bits per heavy atom. The van der Waals surface area contributed by atoms with Crippen LogP contribution in [-0.4, -0.2) is 54.3 Å². The first-order valence-corrected chi connectivity index (χ1v) is 18.6. The fourth-order valence-corrected chi connectivity index (χ4v) is 7.73. The number of nitrogens with zero attached hydrogens (tertiary/aromatic N) is 1. The van der Waals surface area contributed by atoms with Gasteiger partial charge in [0.1, 0.15) is 6.54 Å². The Morgan fingerprint density at radius 1 is 0.550 bits per heavy atom. The number of hydrogen-bond donors (Lipinski definition) is 0. The van der Waals surface area contributed by atoms with Gasteiger partial charge >= 0.3 is 8.80 Å². The van der Waals surface area contributed by atoms with Gasteiger partial charge < -0.3 is 30.2 Å². The predicted octanol–water partition coefficient (Wildman–Crippen LogP) is 6.95. The standard InChI is InChI=1S/C34H66NO3Si.ClH/c1-6-8-9-10-11-12-13-14-15-16-17-18-19-20-21-22-26-30-35(7-2,33-34-28-24-23-25-29-34)31-27-32-39(36-3,37-4)38-5;/h23-25,28-29H,6-22,26-27,30-33H2,1-5H3;1H/q+1;/p-1. The second-order valence-electron chi connectivity index (χ2n) is 11.8. The molecular weight excluding hydrogens is 534 g/mol. The lowest BCUT2D eigenvalue weighted by molar-refractivity contribution is -0.939. The summed E-state index contributed by atoms with van der Waals surface area (Å²) in [6, 6.07) is 11.9. The molecule has 1 aromatic carbocycles. The van der Waals surface area contributed by atoms with Crippen LogP contribution in [-0.2, 0) is 19.8 Å². The van der Waals surface area contributed by atoms with Crippen LogP contribution in [0.3, 0.4) is 0 Å². The maximum atomic E-state index is 5.69. The zero-order valence-electron chi connectivity index (χ0n) is 27.2. The molecule has 0 fully saturated rings. The molecule has 1 aromatic rings. The summed E-state index contributed by atoms with van der Waals surface area (Å²) < 4.78 is 18.2. The van der Waals surface area contributed by atoms with Crippen LogP contribution in [0.5, 0.6) is 0 Å². The number of unbranched alkanes of at least 4 members (excludes halogenated alkanes) is 16. The van der Waals surface area contributed by atoms with Crippen molar-refractivity contribution in [2.24, 2.45) is 0 Å². The van der Waals surface area contributed by atoms with Gasteiger partial charge in [0.25, 0.3) is 0 Å². The summed E-state index contributed by atoms with van der Waals surface area (Å²) in [5.74, 6) is 0. The molecule has 1 unspecified atom stereocenters. The summed E-state index contributed by atoms with van der Waals surface area (Å²) in [5.41, 5.74) is 1.44. The van der Waals surface area contributed by atoms with Gasteiger partial charge in [0.15, 0.2) is 0 Å². The molecule has 0 spiro atoms. The lowest BCUT2D eigenvalue weighted by atomic mass is 10.0. The van der Waals surface area contributed by atoms with E-state index in [0.29, 0.717) is 0 Å². The molecule has 0 heterocycles. The maximum absolute atomic E-state index is 5.69. The highest BCUT2D eigenvalue weighted by atomic mass is 35.5. The summed E-state index contributed by atoms with van der Waals surface area (Å²) in [5, 5.41) is 0. The summed E-state index contributed by atoms with van der Waals surface area (Å²) in [7, 11) is 2.66.